The first kappa shape index (κ1) is 17.4. The van der Waals surface area contributed by atoms with E-state index in [-0.39, 0.29) is 35.7 Å². The average Bonchev–Trinajstić information content (AvgIpc) is 2.98. The highest BCUT2D eigenvalue weighted by atomic mass is 16.5. The maximum Gasteiger partial charge on any atom is 0.200 e. The third kappa shape index (κ3) is 3.09. The summed E-state index contributed by atoms with van der Waals surface area (Å²) in [5.74, 6) is 0.112. The Balaban J connectivity index is 2.07. The summed E-state index contributed by atoms with van der Waals surface area (Å²) in [7, 11) is 1.62. The number of nitriles is 1. The van der Waals surface area contributed by atoms with Gasteiger partial charge in [0.15, 0.2) is 17.7 Å². The highest BCUT2D eigenvalue weighted by molar-refractivity contribution is 5.48. The molecule has 1 aromatic rings. The third-order valence-electron chi connectivity index (χ3n) is 4.55. The van der Waals surface area contributed by atoms with Crippen molar-refractivity contribution < 1.29 is 19.3 Å². The van der Waals surface area contributed by atoms with E-state index in [1.807, 2.05) is 6.92 Å². The van der Waals surface area contributed by atoms with Crippen molar-refractivity contribution in [3.8, 4) is 17.6 Å². The van der Waals surface area contributed by atoms with Gasteiger partial charge in [0.25, 0.3) is 0 Å². The molecule has 0 spiro atoms. The van der Waals surface area contributed by atoms with Crippen LogP contribution in [-0.4, -0.2) is 37.7 Å². The van der Waals surface area contributed by atoms with Crippen LogP contribution in [0, 0.1) is 17.2 Å². The number of hydrogen-bond donors (Lipinski definition) is 4. The Morgan fingerprint density at radius 1 is 1.40 bits per heavy atom. The van der Waals surface area contributed by atoms with Crippen LogP contribution in [0.1, 0.15) is 18.4 Å². The molecule has 2 aliphatic rings. The minimum atomic E-state index is -0.383. The summed E-state index contributed by atoms with van der Waals surface area (Å²) in [4.78, 5) is 0. The van der Waals surface area contributed by atoms with E-state index >= 15 is 0 Å². The number of benzene rings is 1. The molecule has 1 aromatic carbocycles. The van der Waals surface area contributed by atoms with Crippen LogP contribution < -0.4 is 21.3 Å². The van der Waals surface area contributed by atoms with Crippen molar-refractivity contribution in [1.29, 1.82) is 5.26 Å². The van der Waals surface area contributed by atoms with Crippen molar-refractivity contribution in [1.82, 2.24) is 10.9 Å². The number of allylic oxidation sites excluding steroid dienone is 1. The molecule has 1 fully saturated rings. The van der Waals surface area contributed by atoms with Gasteiger partial charge in [0.1, 0.15) is 6.07 Å². The van der Waals surface area contributed by atoms with Gasteiger partial charge in [-0.25, -0.2) is 10.9 Å². The molecule has 1 saturated heterocycles. The zero-order valence-electron chi connectivity index (χ0n) is 14.2. The van der Waals surface area contributed by atoms with E-state index in [4.69, 9.17) is 19.9 Å². The SMILES string of the molecule is CCOc1cc(C2C(C#N)=C(N)OC3NNC(COC)C32)ccc1O. The van der Waals surface area contributed by atoms with Crippen molar-refractivity contribution in [2.45, 2.75) is 25.1 Å². The molecule has 134 valence electrons. The van der Waals surface area contributed by atoms with E-state index in [1.165, 1.54) is 0 Å². The zero-order chi connectivity index (χ0) is 18.0. The molecule has 5 N–H and O–H groups in total. The average molecular weight is 346 g/mol. The van der Waals surface area contributed by atoms with Crippen molar-refractivity contribution >= 4 is 0 Å². The second kappa shape index (κ2) is 7.19. The van der Waals surface area contributed by atoms with E-state index in [2.05, 4.69) is 16.9 Å². The monoisotopic (exact) mass is 346 g/mol. The number of fused-ring (bicyclic) bond motifs is 1. The quantitative estimate of drug-likeness (QED) is 0.613. The van der Waals surface area contributed by atoms with Gasteiger partial charge in [0.05, 0.1) is 24.8 Å². The molecule has 0 bridgehead atoms. The number of hydrazine groups is 1. The van der Waals surface area contributed by atoms with Gasteiger partial charge in [-0.3, -0.25) is 0 Å². The molecule has 2 heterocycles. The molecule has 0 amide bonds. The second-order valence-corrected chi connectivity index (χ2v) is 5.99. The van der Waals surface area contributed by atoms with Crippen molar-refractivity contribution in [3.63, 3.8) is 0 Å². The van der Waals surface area contributed by atoms with Crippen LogP contribution in [0.4, 0.5) is 0 Å². The lowest BCUT2D eigenvalue weighted by atomic mass is 9.75. The Labute approximate surface area is 146 Å². The predicted molar refractivity (Wildman–Crippen MR) is 89.1 cm³/mol. The molecule has 0 saturated carbocycles. The van der Waals surface area contributed by atoms with Crippen LogP contribution in [0.25, 0.3) is 0 Å². The maximum absolute atomic E-state index is 9.97. The lowest BCUT2D eigenvalue weighted by molar-refractivity contribution is 0.0278. The molecule has 4 unspecified atom stereocenters. The van der Waals surface area contributed by atoms with Gasteiger partial charge in [-0.2, -0.15) is 5.26 Å². The smallest absolute Gasteiger partial charge is 0.200 e. The van der Waals surface area contributed by atoms with Crippen LogP contribution in [-0.2, 0) is 9.47 Å². The number of phenolic OH excluding ortho intramolecular Hbond substituents is 1. The minimum Gasteiger partial charge on any atom is -0.504 e. The number of nitrogens with two attached hydrogens (primary N) is 1. The number of methoxy groups -OCH3 is 1. The van der Waals surface area contributed by atoms with E-state index in [1.54, 1.807) is 25.3 Å². The molecule has 25 heavy (non-hydrogen) atoms. The largest absolute Gasteiger partial charge is 0.504 e. The molecule has 2 aliphatic heterocycles. The van der Waals surface area contributed by atoms with Gasteiger partial charge in [0.2, 0.25) is 5.88 Å². The number of aromatic hydroxyl groups is 1. The van der Waals surface area contributed by atoms with Crippen molar-refractivity contribution in [2.24, 2.45) is 11.7 Å². The molecular weight excluding hydrogens is 324 g/mol. The highest BCUT2D eigenvalue weighted by Crippen LogP contribution is 2.44. The first-order valence-corrected chi connectivity index (χ1v) is 8.12. The lowest BCUT2D eigenvalue weighted by Gasteiger charge is -2.35. The number of hydrogen-bond acceptors (Lipinski definition) is 8. The maximum atomic E-state index is 9.97. The van der Waals surface area contributed by atoms with E-state index < -0.39 is 0 Å². The Morgan fingerprint density at radius 2 is 2.20 bits per heavy atom. The molecule has 4 atom stereocenters. The summed E-state index contributed by atoms with van der Waals surface area (Å²) in [5, 5.41) is 19.6. The highest BCUT2D eigenvalue weighted by Gasteiger charge is 2.48. The summed E-state index contributed by atoms with van der Waals surface area (Å²) >= 11 is 0. The van der Waals surface area contributed by atoms with Crippen molar-refractivity contribution in [3.05, 3.63) is 35.2 Å². The topological polar surface area (TPSA) is 122 Å². The van der Waals surface area contributed by atoms with E-state index in [9.17, 15) is 10.4 Å². The molecule has 8 heteroatoms. The number of nitrogens with one attached hydrogen (secondary N) is 2. The molecular formula is C17H22N4O4. The summed E-state index contributed by atoms with van der Waals surface area (Å²) < 4.78 is 16.4. The summed E-state index contributed by atoms with van der Waals surface area (Å²) in [6, 6.07) is 7.20. The Kier molecular flexibility index (Phi) is 4.99. The predicted octanol–water partition coefficient (Wildman–Crippen LogP) is 0.664. The van der Waals surface area contributed by atoms with Crippen LogP contribution in [0.15, 0.2) is 29.7 Å². The number of rotatable bonds is 5. The summed E-state index contributed by atoms with van der Waals surface area (Å²) in [6.45, 7) is 2.72. The third-order valence-corrected chi connectivity index (χ3v) is 4.55. The van der Waals surface area contributed by atoms with Crippen LogP contribution in [0.2, 0.25) is 0 Å². The van der Waals surface area contributed by atoms with E-state index in [0.29, 0.717) is 24.5 Å². The lowest BCUT2D eigenvalue weighted by Crippen LogP contribution is -2.42. The minimum absolute atomic E-state index is 0.0563. The van der Waals surface area contributed by atoms with Gasteiger partial charge >= 0.3 is 0 Å². The normalized spacial score (nSPS) is 28.2. The van der Waals surface area contributed by atoms with Crippen LogP contribution in [0.3, 0.4) is 0 Å². The molecule has 0 aliphatic carbocycles. The second-order valence-electron chi connectivity index (χ2n) is 5.99. The Hall–Kier alpha value is -2.47. The van der Waals surface area contributed by atoms with Gasteiger partial charge in [-0.15, -0.1) is 0 Å². The molecule has 0 radical (unpaired) electrons. The number of phenols is 1. The van der Waals surface area contributed by atoms with Crippen LogP contribution in [0.5, 0.6) is 11.5 Å². The van der Waals surface area contributed by atoms with Crippen LogP contribution >= 0.6 is 0 Å². The van der Waals surface area contributed by atoms with E-state index in [0.717, 1.165) is 5.56 Å². The fraction of sp³-hybridized carbons (Fsp3) is 0.471. The number of nitrogens with zero attached hydrogens (tertiary/aromatic N) is 1. The van der Waals surface area contributed by atoms with Gasteiger partial charge < -0.3 is 25.1 Å². The first-order valence-electron chi connectivity index (χ1n) is 8.12. The first-order chi connectivity index (χ1) is 12.1. The fourth-order valence-electron chi connectivity index (χ4n) is 3.49. The fourth-order valence-corrected chi connectivity index (χ4v) is 3.49. The standard InChI is InChI=1S/C17H22N4O4/c1-3-24-13-6-9(4-5-12(13)22)14-10(7-18)16(19)25-17-15(14)11(8-23-2)20-21-17/h4-6,11,14-15,17,20-22H,3,8,19H2,1-2H3. The Bertz CT molecular complexity index is 715. The summed E-state index contributed by atoms with van der Waals surface area (Å²) in [5.41, 5.74) is 13.4. The Morgan fingerprint density at radius 3 is 2.88 bits per heavy atom. The summed E-state index contributed by atoms with van der Waals surface area (Å²) in [6.07, 6.45) is -0.383. The zero-order valence-corrected chi connectivity index (χ0v) is 14.2. The van der Waals surface area contributed by atoms with Crippen molar-refractivity contribution in [2.75, 3.05) is 20.3 Å². The number of ether oxygens (including phenoxy) is 3. The van der Waals surface area contributed by atoms with Gasteiger partial charge in [-0.1, -0.05) is 6.07 Å². The molecule has 3 rings (SSSR count). The van der Waals surface area contributed by atoms with Gasteiger partial charge in [0, 0.05) is 18.9 Å². The molecule has 8 nitrogen and oxygen atoms in total. The van der Waals surface area contributed by atoms with Gasteiger partial charge in [-0.05, 0) is 24.6 Å². The molecule has 0 aromatic heterocycles.